The van der Waals surface area contributed by atoms with Crippen LogP contribution in [0.3, 0.4) is 0 Å². The van der Waals surface area contributed by atoms with Gasteiger partial charge in [-0.05, 0) is 55.5 Å². The standard InChI is InChI=1S/C27H25NOP/c1-22(29)23-13-12-14-24(21-23)28(2)30(25-15-6-3-7-16-25,26-17-8-4-9-18-26)27-19-10-5-11-20-27/h3-21H,1-2H3/q+1. The van der Waals surface area contributed by atoms with Crippen LogP contribution in [0.5, 0.6) is 0 Å². The van der Waals surface area contributed by atoms with Gasteiger partial charge in [0.1, 0.15) is 15.9 Å². The fourth-order valence-corrected chi connectivity index (χ4v) is 8.21. The number of nitrogens with zero attached hydrogens (tertiary/aromatic N) is 1. The van der Waals surface area contributed by atoms with Crippen molar-refractivity contribution in [2.75, 3.05) is 11.7 Å². The van der Waals surface area contributed by atoms with Gasteiger partial charge in [0.25, 0.3) is 0 Å². The quantitative estimate of drug-likeness (QED) is 0.320. The summed E-state index contributed by atoms with van der Waals surface area (Å²) >= 11 is 0. The van der Waals surface area contributed by atoms with Crippen molar-refractivity contribution in [1.29, 1.82) is 0 Å². The first-order valence-corrected chi connectivity index (χ1v) is 11.8. The zero-order chi connectivity index (χ0) is 21.0. The summed E-state index contributed by atoms with van der Waals surface area (Å²) in [4.78, 5) is 12.1. The van der Waals surface area contributed by atoms with Gasteiger partial charge < -0.3 is 0 Å². The maximum Gasteiger partial charge on any atom is 0.202 e. The minimum absolute atomic E-state index is 0.0771. The van der Waals surface area contributed by atoms with E-state index in [4.69, 9.17) is 0 Å². The summed E-state index contributed by atoms with van der Waals surface area (Å²) in [5.41, 5.74) is 1.76. The molecule has 0 aromatic heterocycles. The van der Waals surface area contributed by atoms with Crippen molar-refractivity contribution in [3.05, 3.63) is 121 Å². The molecule has 0 N–H and O–H groups in total. The van der Waals surface area contributed by atoms with E-state index in [-0.39, 0.29) is 5.78 Å². The van der Waals surface area contributed by atoms with Gasteiger partial charge in [-0.3, -0.25) is 4.79 Å². The fourth-order valence-electron chi connectivity index (χ4n) is 4.00. The predicted molar refractivity (Wildman–Crippen MR) is 130 cm³/mol. The number of anilines is 1. The molecular formula is C27H25NOP+. The molecule has 0 atom stereocenters. The fraction of sp³-hybridized carbons (Fsp3) is 0.0741. The summed E-state index contributed by atoms with van der Waals surface area (Å²) in [7, 11) is -0.0414. The molecule has 0 spiro atoms. The Morgan fingerprint density at radius 1 is 0.633 bits per heavy atom. The Balaban J connectivity index is 2.05. The smallest absolute Gasteiger partial charge is 0.202 e. The number of carbonyl (C=O) groups is 1. The molecule has 2 nitrogen and oxygen atoms in total. The van der Waals surface area contributed by atoms with Gasteiger partial charge in [-0.15, -0.1) is 0 Å². The van der Waals surface area contributed by atoms with Crippen molar-refractivity contribution in [3.63, 3.8) is 0 Å². The minimum atomic E-state index is -2.19. The van der Waals surface area contributed by atoms with Crippen molar-refractivity contribution in [3.8, 4) is 0 Å². The summed E-state index contributed by atoms with van der Waals surface area (Å²) in [5, 5.41) is 3.83. The monoisotopic (exact) mass is 410 g/mol. The molecule has 148 valence electrons. The minimum Gasteiger partial charge on any atom is -0.295 e. The lowest BCUT2D eigenvalue weighted by Crippen LogP contribution is -2.41. The first-order chi connectivity index (χ1) is 14.6. The summed E-state index contributed by atoms with van der Waals surface area (Å²) in [6.07, 6.45) is 0. The molecular weight excluding hydrogens is 385 g/mol. The Morgan fingerprint density at radius 3 is 1.47 bits per heavy atom. The molecule has 4 aromatic carbocycles. The third kappa shape index (κ3) is 3.56. The second kappa shape index (κ2) is 8.65. The molecule has 0 bridgehead atoms. The SMILES string of the molecule is CC(=O)c1cccc(N(C)[P+](c2ccccc2)(c2ccccc2)c2ccccc2)c1. The van der Waals surface area contributed by atoms with Gasteiger partial charge in [0, 0.05) is 12.6 Å². The third-order valence-electron chi connectivity index (χ3n) is 5.47. The highest BCUT2D eigenvalue weighted by Gasteiger charge is 2.50. The van der Waals surface area contributed by atoms with Crippen LogP contribution < -0.4 is 20.6 Å². The topological polar surface area (TPSA) is 20.3 Å². The molecule has 0 aliphatic heterocycles. The van der Waals surface area contributed by atoms with Gasteiger partial charge in [0.15, 0.2) is 5.78 Å². The van der Waals surface area contributed by atoms with Crippen LogP contribution in [-0.4, -0.2) is 12.8 Å². The highest BCUT2D eigenvalue weighted by atomic mass is 31.2. The average Bonchev–Trinajstić information content (AvgIpc) is 2.82. The van der Waals surface area contributed by atoms with Crippen LogP contribution in [0.1, 0.15) is 17.3 Å². The van der Waals surface area contributed by atoms with E-state index in [2.05, 4.69) is 109 Å². The zero-order valence-electron chi connectivity index (χ0n) is 17.3. The molecule has 4 rings (SSSR count). The number of carbonyl (C=O) groups excluding carboxylic acids is 1. The maximum absolute atomic E-state index is 12.1. The molecule has 0 aliphatic rings. The predicted octanol–water partition coefficient (Wildman–Crippen LogP) is 5.23. The number of benzene rings is 4. The largest absolute Gasteiger partial charge is 0.295 e. The maximum atomic E-state index is 12.1. The van der Waals surface area contributed by atoms with Crippen molar-refractivity contribution >= 4 is 34.8 Å². The van der Waals surface area contributed by atoms with Crippen molar-refractivity contribution in [1.82, 2.24) is 0 Å². The molecule has 3 heteroatoms. The molecule has 0 amide bonds. The number of Topliss-reactive ketones (excluding diaryl/α,β-unsaturated/α-hetero) is 1. The number of rotatable bonds is 6. The Labute approximate surface area is 179 Å². The van der Waals surface area contributed by atoms with Crippen LogP contribution in [0, 0.1) is 0 Å². The van der Waals surface area contributed by atoms with Gasteiger partial charge >= 0.3 is 0 Å². The number of ketones is 1. The van der Waals surface area contributed by atoms with E-state index in [9.17, 15) is 4.79 Å². The summed E-state index contributed by atoms with van der Waals surface area (Å²) in [6.45, 7) is 1.62. The molecule has 0 saturated carbocycles. The summed E-state index contributed by atoms with van der Waals surface area (Å²) in [6, 6.07) is 40.1. The van der Waals surface area contributed by atoms with Crippen LogP contribution in [0.25, 0.3) is 0 Å². The summed E-state index contributed by atoms with van der Waals surface area (Å²) < 4.78 is 2.39. The van der Waals surface area contributed by atoms with Crippen LogP contribution in [0.2, 0.25) is 0 Å². The van der Waals surface area contributed by atoms with Crippen molar-refractivity contribution in [2.45, 2.75) is 6.92 Å². The Kier molecular flexibility index (Phi) is 5.79. The van der Waals surface area contributed by atoms with E-state index in [0.717, 1.165) is 11.3 Å². The van der Waals surface area contributed by atoms with E-state index in [1.54, 1.807) is 6.92 Å². The molecule has 30 heavy (non-hydrogen) atoms. The Morgan fingerprint density at radius 2 is 1.07 bits per heavy atom. The first kappa shape index (κ1) is 20.1. The molecule has 4 aromatic rings. The molecule has 0 heterocycles. The van der Waals surface area contributed by atoms with E-state index in [1.165, 1.54) is 15.9 Å². The second-order valence-corrected chi connectivity index (χ2v) is 10.7. The van der Waals surface area contributed by atoms with Gasteiger partial charge in [-0.25, -0.2) is 4.67 Å². The highest BCUT2D eigenvalue weighted by Crippen LogP contribution is 2.59. The van der Waals surface area contributed by atoms with E-state index in [1.807, 2.05) is 18.2 Å². The number of hydrogen-bond donors (Lipinski definition) is 0. The zero-order valence-corrected chi connectivity index (χ0v) is 18.2. The van der Waals surface area contributed by atoms with Gasteiger partial charge in [-0.2, -0.15) is 0 Å². The average molecular weight is 410 g/mol. The van der Waals surface area contributed by atoms with Gasteiger partial charge in [0.2, 0.25) is 7.41 Å². The lowest BCUT2D eigenvalue weighted by atomic mass is 10.1. The first-order valence-electron chi connectivity index (χ1n) is 10.0. The number of hydrogen-bond acceptors (Lipinski definition) is 2. The summed E-state index contributed by atoms with van der Waals surface area (Å²) in [5.74, 6) is 0.0771. The van der Waals surface area contributed by atoms with Crippen LogP contribution in [0.4, 0.5) is 5.69 Å². The van der Waals surface area contributed by atoms with Crippen molar-refractivity contribution in [2.24, 2.45) is 0 Å². The third-order valence-corrected chi connectivity index (χ3v) is 9.73. The van der Waals surface area contributed by atoms with E-state index >= 15 is 0 Å². The van der Waals surface area contributed by atoms with Gasteiger partial charge in [0.05, 0.1) is 5.69 Å². The molecule has 0 radical (unpaired) electrons. The molecule has 0 fully saturated rings. The van der Waals surface area contributed by atoms with E-state index in [0.29, 0.717) is 0 Å². The Bertz CT molecular complexity index is 1030. The van der Waals surface area contributed by atoms with Crippen LogP contribution >= 0.6 is 7.41 Å². The second-order valence-electron chi connectivity index (χ2n) is 7.27. The molecule has 0 aliphatic carbocycles. The van der Waals surface area contributed by atoms with E-state index < -0.39 is 7.41 Å². The van der Waals surface area contributed by atoms with Crippen molar-refractivity contribution < 1.29 is 4.79 Å². The molecule has 0 unspecified atom stereocenters. The normalized spacial score (nSPS) is 11.1. The Hall–Kier alpha value is -3.22. The lowest BCUT2D eigenvalue weighted by molar-refractivity contribution is 0.101. The highest BCUT2D eigenvalue weighted by molar-refractivity contribution is 7.96. The van der Waals surface area contributed by atoms with Gasteiger partial charge in [-0.1, -0.05) is 66.7 Å². The molecule has 0 saturated heterocycles. The van der Waals surface area contributed by atoms with Crippen LogP contribution in [-0.2, 0) is 0 Å². The van der Waals surface area contributed by atoms with Crippen LogP contribution in [0.15, 0.2) is 115 Å². The lowest BCUT2D eigenvalue weighted by Gasteiger charge is -2.36.